The smallest absolute Gasteiger partial charge is 0.328 e. The van der Waals surface area contributed by atoms with E-state index in [2.05, 4.69) is 10.6 Å². The highest BCUT2D eigenvalue weighted by molar-refractivity contribution is 5.84. The maximum absolute atomic E-state index is 12.8. The van der Waals surface area contributed by atoms with Crippen molar-refractivity contribution in [1.82, 2.24) is 10.6 Å². The summed E-state index contributed by atoms with van der Waals surface area (Å²) < 4.78 is 5.59. The standard InChI is InChI=1S/C26H40N2O4/c1-20(2)25-26(31)32-19-22(18-21-14-10-9-11-15-21)27-23(29)16-12-7-5-3-4-6-8-13-17-24(30)28-25/h9-11,14-15,20,22,25H,3-8,12-13,16-19H2,1-2H3,(H,27,29)(H,28,30)/t22-,25-/m0/s1. The second-order valence-electron chi connectivity index (χ2n) is 9.20. The van der Waals surface area contributed by atoms with Gasteiger partial charge in [0.15, 0.2) is 0 Å². The summed E-state index contributed by atoms with van der Waals surface area (Å²) >= 11 is 0. The van der Waals surface area contributed by atoms with E-state index in [1.54, 1.807) is 0 Å². The van der Waals surface area contributed by atoms with Gasteiger partial charge >= 0.3 is 5.97 Å². The van der Waals surface area contributed by atoms with Crippen LogP contribution < -0.4 is 10.6 Å². The van der Waals surface area contributed by atoms with Gasteiger partial charge in [0.1, 0.15) is 12.6 Å². The second kappa shape index (κ2) is 14.6. The minimum atomic E-state index is -0.683. The highest BCUT2D eigenvalue weighted by atomic mass is 16.5. The van der Waals surface area contributed by atoms with Gasteiger partial charge in [0.2, 0.25) is 11.8 Å². The summed E-state index contributed by atoms with van der Waals surface area (Å²) in [7, 11) is 0. The van der Waals surface area contributed by atoms with Crippen molar-refractivity contribution in [3.8, 4) is 0 Å². The first-order valence-electron chi connectivity index (χ1n) is 12.2. The van der Waals surface area contributed by atoms with Crippen LogP contribution in [0, 0.1) is 5.92 Å². The number of carbonyl (C=O) groups excluding carboxylic acids is 3. The molecule has 0 bridgehead atoms. The lowest BCUT2D eigenvalue weighted by Gasteiger charge is -2.24. The molecule has 178 valence electrons. The molecule has 1 aliphatic rings. The third-order valence-corrected chi connectivity index (χ3v) is 5.91. The predicted molar refractivity (Wildman–Crippen MR) is 126 cm³/mol. The molecule has 6 heteroatoms. The number of esters is 1. The van der Waals surface area contributed by atoms with Gasteiger partial charge in [-0.15, -0.1) is 0 Å². The number of benzene rings is 1. The lowest BCUT2D eigenvalue weighted by atomic mass is 10.0. The number of hydrogen-bond acceptors (Lipinski definition) is 4. The van der Waals surface area contributed by atoms with Crippen molar-refractivity contribution in [3.05, 3.63) is 35.9 Å². The molecule has 2 N–H and O–H groups in total. The van der Waals surface area contributed by atoms with E-state index in [0.29, 0.717) is 19.3 Å². The minimum Gasteiger partial charge on any atom is -0.462 e. The van der Waals surface area contributed by atoms with Crippen molar-refractivity contribution in [2.75, 3.05) is 6.61 Å². The molecule has 0 radical (unpaired) electrons. The number of nitrogens with one attached hydrogen (secondary N) is 2. The van der Waals surface area contributed by atoms with E-state index in [9.17, 15) is 14.4 Å². The molecule has 32 heavy (non-hydrogen) atoms. The topological polar surface area (TPSA) is 84.5 Å². The molecule has 0 saturated carbocycles. The summed E-state index contributed by atoms with van der Waals surface area (Å²) in [5.74, 6) is -0.636. The highest BCUT2D eigenvalue weighted by Gasteiger charge is 2.26. The average Bonchev–Trinajstić information content (AvgIpc) is 2.76. The summed E-state index contributed by atoms with van der Waals surface area (Å²) in [6.07, 6.45) is 9.86. The molecule has 1 fully saturated rings. The van der Waals surface area contributed by atoms with Gasteiger partial charge in [-0.3, -0.25) is 9.59 Å². The van der Waals surface area contributed by atoms with E-state index < -0.39 is 12.0 Å². The SMILES string of the molecule is CC(C)[C@@H]1NC(=O)CCCCCCCCCCC(=O)N[C@@H](Cc2ccccc2)COC1=O. The first-order valence-corrected chi connectivity index (χ1v) is 12.2. The quantitative estimate of drug-likeness (QED) is 0.680. The molecule has 2 amide bonds. The normalized spacial score (nSPS) is 23.3. The molecular weight excluding hydrogens is 404 g/mol. The van der Waals surface area contributed by atoms with Gasteiger partial charge in [-0.25, -0.2) is 4.79 Å². The molecule has 1 aromatic carbocycles. The Morgan fingerprint density at radius 1 is 0.812 bits per heavy atom. The molecule has 0 aromatic heterocycles. The molecule has 1 saturated heterocycles. The molecule has 2 rings (SSSR count). The Labute approximate surface area is 192 Å². The monoisotopic (exact) mass is 444 g/mol. The van der Waals surface area contributed by atoms with Crippen molar-refractivity contribution in [3.63, 3.8) is 0 Å². The van der Waals surface area contributed by atoms with Crippen LogP contribution in [0.4, 0.5) is 0 Å². The maximum Gasteiger partial charge on any atom is 0.328 e. The zero-order valence-corrected chi connectivity index (χ0v) is 19.7. The first-order chi connectivity index (χ1) is 15.5. The van der Waals surface area contributed by atoms with Crippen molar-refractivity contribution in [2.24, 2.45) is 5.92 Å². The zero-order chi connectivity index (χ0) is 23.2. The van der Waals surface area contributed by atoms with Crippen LogP contribution in [0.1, 0.15) is 83.6 Å². The Bertz CT molecular complexity index is 705. The number of ether oxygens (including phenoxy) is 1. The lowest BCUT2D eigenvalue weighted by Crippen LogP contribution is -2.47. The number of hydrogen-bond donors (Lipinski definition) is 2. The fourth-order valence-electron chi connectivity index (χ4n) is 4.00. The first kappa shape index (κ1) is 25.9. The number of carbonyl (C=O) groups is 3. The fourth-order valence-corrected chi connectivity index (χ4v) is 4.00. The van der Waals surface area contributed by atoms with Crippen LogP contribution in [0.5, 0.6) is 0 Å². The largest absolute Gasteiger partial charge is 0.462 e. The van der Waals surface area contributed by atoms with Crippen LogP contribution in [0.25, 0.3) is 0 Å². The van der Waals surface area contributed by atoms with Crippen molar-refractivity contribution in [1.29, 1.82) is 0 Å². The van der Waals surface area contributed by atoms with Gasteiger partial charge in [0, 0.05) is 12.8 Å². The lowest BCUT2D eigenvalue weighted by molar-refractivity contribution is -0.150. The average molecular weight is 445 g/mol. The molecule has 1 aliphatic heterocycles. The fraction of sp³-hybridized carbons (Fsp3) is 0.654. The zero-order valence-electron chi connectivity index (χ0n) is 19.7. The van der Waals surface area contributed by atoms with Crippen molar-refractivity contribution in [2.45, 2.75) is 96.6 Å². The molecule has 1 heterocycles. The van der Waals surface area contributed by atoms with E-state index >= 15 is 0 Å². The van der Waals surface area contributed by atoms with E-state index in [1.807, 2.05) is 44.2 Å². The highest BCUT2D eigenvalue weighted by Crippen LogP contribution is 2.13. The molecule has 0 unspecified atom stereocenters. The van der Waals surface area contributed by atoms with Gasteiger partial charge in [-0.05, 0) is 30.7 Å². The van der Waals surface area contributed by atoms with Gasteiger partial charge in [-0.2, -0.15) is 0 Å². The third-order valence-electron chi connectivity index (χ3n) is 5.91. The molecule has 6 nitrogen and oxygen atoms in total. The van der Waals surface area contributed by atoms with Gasteiger partial charge in [0.05, 0.1) is 6.04 Å². The number of cyclic esters (lactones) is 1. The molecule has 0 aliphatic carbocycles. The van der Waals surface area contributed by atoms with E-state index in [-0.39, 0.29) is 30.4 Å². The van der Waals surface area contributed by atoms with E-state index in [4.69, 9.17) is 4.74 Å². The number of amides is 2. The molecule has 0 spiro atoms. The molecular formula is C26H40N2O4. The predicted octanol–water partition coefficient (Wildman–Crippen LogP) is 4.31. The van der Waals surface area contributed by atoms with E-state index in [0.717, 1.165) is 50.5 Å². The van der Waals surface area contributed by atoms with Crippen molar-refractivity contribution < 1.29 is 19.1 Å². The van der Waals surface area contributed by atoms with Gasteiger partial charge < -0.3 is 15.4 Å². The summed E-state index contributed by atoms with van der Waals surface area (Å²) in [5, 5.41) is 5.90. The number of rotatable bonds is 3. The Morgan fingerprint density at radius 2 is 1.34 bits per heavy atom. The van der Waals surface area contributed by atoms with Crippen LogP contribution in [0.2, 0.25) is 0 Å². The second-order valence-corrected chi connectivity index (χ2v) is 9.20. The summed E-state index contributed by atoms with van der Waals surface area (Å²) in [6, 6.07) is 8.87. The van der Waals surface area contributed by atoms with Crippen LogP contribution in [0.15, 0.2) is 30.3 Å². The summed E-state index contributed by atoms with van der Waals surface area (Å²) in [5.41, 5.74) is 1.07. The van der Waals surface area contributed by atoms with Gasteiger partial charge in [0.25, 0.3) is 0 Å². The third kappa shape index (κ3) is 10.3. The van der Waals surface area contributed by atoms with Crippen LogP contribution in [-0.2, 0) is 25.5 Å². The summed E-state index contributed by atoms with van der Waals surface area (Å²) in [6.45, 7) is 3.87. The molecule has 2 atom stereocenters. The van der Waals surface area contributed by atoms with Gasteiger partial charge in [-0.1, -0.05) is 82.7 Å². The van der Waals surface area contributed by atoms with Crippen molar-refractivity contribution >= 4 is 17.8 Å². The molecule has 1 aromatic rings. The van der Waals surface area contributed by atoms with Crippen LogP contribution in [-0.4, -0.2) is 36.5 Å². The Hall–Kier alpha value is -2.37. The maximum atomic E-state index is 12.8. The Balaban J connectivity index is 2.05. The summed E-state index contributed by atoms with van der Waals surface area (Å²) in [4.78, 5) is 37.6. The van der Waals surface area contributed by atoms with Crippen LogP contribution in [0.3, 0.4) is 0 Å². The van der Waals surface area contributed by atoms with E-state index in [1.165, 1.54) is 6.42 Å². The Morgan fingerprint density at radius 3 is 1.91 bits per heavy atom. The minimum absolute atomic E-state index is 0.00592. The van der Waals surface area contributed by atoms with Crippen LogP contribution >= 0.6 is 0 Å². The Kier molecular flexibility index (Phi) is 11.8.